The molecular formula is C36H42N4O9. The highest BCUT2D eigenvalue weighted by atomic mass is 16.5. The summed E-state index contributed by atoms with van der Waals surface area (Å²) < 4.78 is 17.6. The molecule has 2 N–H and O–H groups in total. The number of carboxylic acid groups (broad SMARTS) is 2. The zero-order valence-electron chi connectivity index (χ0n) is 28.2. The molecule has 49 heavy (non-hydrogen) atoms. The average molecular weight is 675 g/mol. The Balaban J connectivity index is 1.60. The zero-order chi connectivity index (χ0) is 35.3. The molecule has 13 heteroatoms. The minimum absolute atomic E-state index is 0.117. The summed E-state index contributed by atoms with van der Waals surface area (Å²) in [4.78, 5) is 58.6. The van der Waals surface area contributed by atoms with Crippen LogP contribution in [0.1, 0.15) is 38.8 Å². The van der Waals surface area contributed by atoms with Gasteiger partial charge in [-0.2, -0.15) is 0 Å². The molecule has 0 aromatic heterocycles. The molecule has 13 nitrogen and oxygen atoms in total. The van der Waals surface area contributed by atoms with Gasteiger partial charge in [-0.3, -0.25) is 34.0 Å². The maximum atomic E-state index is 12.6. The fourth-order valence-corrected chi connectivity index (χ4v) is 6.73. The molecule has 2 aliphatic heterocycles. The summed E-state index contributed by atoms with van der Waals surface area (Å²) in [5.74, 6) is -2.76. The van der Waals surface area contributed by atoms with Gasteiger partial charge in [-0.1, -0.05) is 42.5 Å². The maximum absolute atomic E-state index is 12.6. The number of para-hydroxylation sites is 1. The molecule has 2 aliphatic rings. The molecule has 0 radical (unpaired) electrons. The normalized spacial score (nSPS) is 17.2. The summed E-state index contributed by atoms with van der Waals surface area (Å²) in [5, 5.41) is 20.7. The standard InChI is InChI=1S/C36H42N4O9/c1-5-47-31(45)21-39(22-32(46)48-6-2)18-25-17-24-11-7-8-12-26(24)33-34(25)49-36(23-37-33)35(3,4)27-13-9-10-14-28(27)40(36)16-15-38(19-29(41)42)20-30(43)44/h7-14,17,23H,5-6,15-16,18-22H2,1-4H3,(H,41,42)(H,43,44). The van der Waals surface area contributed by atoms with E-state index < -0.39 is 48.1 Å². The van der Waals surface area contributed by atoms with Crippen LogP contribution in [-0.2, 0) is 40.6 Å². The van der Waals surface area contributed by atoms with E-state index in [9.17, 15) is 29.4 Å². The van der Waals surface area contributed by atoms with Gasteiger partial charge in [0, 0.05) is 36.3 Å². The molecule has 2 heterocycles. The van der Waals surface area contributed by atoms with Crippen LogP contribution in [0.15, 0.2) is 59.6 Å². The van der Waals surface area contributed by atoms with Crippen molar-refractivity contribution in [3.05, 3.63) is 65.7 Å². The molecule has 1 spiro atoms. The summed E-state index contributed by atoms with van der Waals surface area (Å²) in [5.41, 5.74) is 1.18. The van der Waals surface area contributed by atoms with E-state index in [1.54, 1.807) is 25.0 Å². The van der Waals surface area contributed by atoms with Crippen molar-refractivity contribution >= 4 is 52.2 Å². The van der Waals surface area contributed by atoms with Gasteiger partial charge in [0.15, 0.2) is 5.75 Å². The molecule has 0 amide bonds. The van der Waals surface area contributed by atoms with E-state index in [1.807, 2.05) is 73.3 Å². The van der Waals surface area contributed by atoms with Crippen LogP contribution in [0.2, 0.25) is 0 Å². The monoisotopic (exact) mass is 674 g/mol. The van der Waals surface area contributed by atoms with Crippen LogP contribution in [-0.4, -0.2) is 108 Å². The van der Waals surface area contributed by atoms with Gasteiger partial charge in [-0.15, -0.1) is 0 Å². The van der Waals surface area contributed by atoms with E-state index in [-0.39, 0.29) is 45.9 Å². The second-order valence-electron chi connectivity index (χ2n) is 12.5. The summed E-state index contributed by atoms with van der Waals surface area (Å²) in [6, 6.07) is 17.5. The molecule has 3 aromatic carbocycles. The molecule has 260 valence electrons. The highest BCUT2D eigenvalue weighted by Gasteiger charge is 2.60. The number of ether oxygens (including phenoxy) is 3. The van der Waals surface area contributed by atoms with Crippen LogP contribution in [0.4, 0.5) is 11.4 Å². The van der Waals surface area contributed by atoms with Gasteiger partial charge in [0.05, 0.1) is 51.0 Å². The maximum Gasteiger partial charge on any atom is 0.320 e. The van der Waals surface area contributed by atoms with Crippen molar-refractivity contribution in [3.8, 4) is 5.75 Å². The highest BCUT2D eigenvalue weighted by Crippen LogP contribution is 2.55. The number of anilines is 1. The summed E-state index contributed by atoms with van der Waals surface area (Å²) in [6.07, 6.45) is 1.78. The van der Waals surface area contributed by atoms with E-state index >= 15 is 0 Å². The first-order valence-corrected chi connectivity index (χ1v) is 16.3. The van der Waals surface area contributed by atoms with Crippen molar-refractivity contribution in [3.63, 3.8) is 0 Å². The predicted octanol–water partition coefficient (Wildman–Crippen LogP) is 3.83. The molecule has 0 bridgehead atoms. The Morgan fingerprint density at radius 3 is 2.10 bits per heavy atom. The minimum Gasteiger partial charge on any atom is -0.480 e. The number of aliphatic imine (C=N–C) groups is 1. The second kappa shape index (κ2) is 14.6. The predicted molar refractivity (Wildman–Crippen MR) is 183 cm³/mol. The smallest absolute Gasteiger partial charge is 0.320 e. The van der Waals surface area contributed by atoms with E-state index in [0.29, 0.717) is 17.0 Å². The summed E-state index contributed by atoms with van der Waals surface area (Å²) >= 11 is 0. The van der Waals surface area contributed by atoms with E-state index in [2.05, 4.69) is 0 Å². The molecule has 0 aliphatic carbocycles. The third kappa shape index (κ3) is 7.22. The third-order valence-electron chi connectivity index (χ3n) is 8.91. The lowest BCUT2D eigenvalue weighted by Gasteiger charge is -2.47. The van der Waals surface area contributed by atoms with Crippen molar-refractivity contribution in [2.75, 3.05) is 57.4 Å². The summed E-state index contributed by atoms with van der Waals surface area (Å²) in [7, 11) is 0. The van der Waals surface area contributed by atoms with E-state index in [4.69, 9.17) is 19.2 Å². The number of benzene rings is 3. The van der Waals surface area contributed by atoms with Gasteiger partial charge in [-0.05, 0) is 50.8 Å². The van der Waals surface area contributed by atoms with Gasteiger partial charge < -0.3 is 29.3 Å². The van der Waals surface area contributed by atoms with E-state index in [1.165, 1.54) is 4.90 Å². The van der Waals surface area contributed by atoms with E-state index in [0.717, 1.165) is 22.0 Å². The van der Waals surface area contributed by atoms with Gasteiger partial charge in [0.2, 0.25) is 5.72 Å². The highest BCUT2D eigenvalue weighted by molar-refractivity contribution is 6.01. The molecule has 0 saturated carbocycles. The number of carbonyl (C=O) groups is 4. The van der Waals surface area contributed by atoms with Gasteiger partial charge in [0.1, 0.15) is 5.69 Å². The van der Waals surface area contributed by atoms with Crippen LogP contribution in [0.3, 0.4) is 0 Å². The zero-order valence-corrected chi connectivity index (χ0v) is 28.2. The van der Waals surface area contributed by atoms with Crippen molar-refractivity contribution in [1.82, 2.24) is 9.80 Å². The van der Waals surface area contributed by atoms with Crippen molar-refractivity contribution in [2.45, 2.75) is 45.4 Å². The van der Waals surface area contributed by atoms with Crippen LogP contribution in [0, 0.1) is 0 Å². The molecule has 1 atom stereocenters. The topological polar surface area (TPSA) is 159 Å². The number of carboxylic acids is 2. The average Bonchev–Trinajstić information content (AvgIpc) is 3.21. The quantitative estimate of drug-likeness (QED) is 0.225. The van der Waals surface area contributed by atoms with Gasteiger partial charge in [-0.25, -0.2) is 0 Å². The fraction of sp³-hybridized carbons (Fsp3) is 0.417. The number of fused-ring (bicyclic) bond motifs is 4. The largest absolute Gasteiger partial charge is 0.480 e. The van der Waals surface area contributed by atoms with Gasteiger partial charge in [0.25, 0.3) is 0 Å². The lowest BCUT2D eigenvalue weighted by molar-refractivity contribution is -0.148. The lowest BCUT2D eigenvalue weighted by atomic mass is 9.77. The Morgan fingerprint density at radius 2 is 1.47 bits per heavy atom. The number of carbonyl (C=O) groups excluding carboxylic acids is 2. The minimum atomic E-state index is -1.22. The Bertz CT molecular complexity index is 1740. The Morgan fingerprint density at radius 1 is 0.857 bits per heavy atom. The Kier molecular flexibility index (Phi) is 10.5. The van der Waals surface area contributed by atoms with Crippen LogP contribution in [0.25, 0.3) is 10.8 Å². The number of rotatable bonds is 15. The first-order chi connectivity index (χ1) is 23.4. The molecule has 5 rings (SSSR count). The third-order valence-corrected chi connectivity index (χ3v) is 8.91. The lowest BCUT2D eigenvalue weighted by Crippen LogP contribution is -2.63. The molecule has 0 fully saturated rings. The van der Waals surface area contributed by atoms with Crippen molar-refractivity contribution in [1.29, 1.82) is 0 Å². The number of nitrogens with zero attached hydrogens (tertiary/aromatic N) is 4. The summed E-state index contributed by atoms with van der Waals surface area (Å²) in [6.45, 7) is 7.19. The fourth-order valence-electron chi connectivity index (χ4n) is 6.73. The molecule has 1 unspecified atom stereocenters. The van der Waals surface area contributed by atoms with Crippen LogP contribution >= 0.6 is 0 Å². The first-order valence-electron chi connectivity index (χ1n) is 16.3. The number of esters is 2. The van der Waals surface area contributed by atoms with Crippen molar-refractivity contribution in [2.24, 2.45) is 4.99 Å². The molecule has 0 saturated heterocycles. The first kappa shape index (κ1) is 35.3. The van der Waals surface area contributed by atoms with Crippen LogP contribution in [0.5, 0.6) is 5.75 Å². The number of aliphatic carboxylic acids is 2. The molecular weight excluding hydrogens is 632 g/mol. The number of hydrogen-bond acceptors (Lipinski definition) is 11. The Hall–Kier alpha value is -5.01. The SMILES string of the molecule is CCOC(=O)CN(CC(=O)OCC)Cc1cc2ccccc2c2c1OC1(C=N2)N(CCN(CC(=O)O)CC(=O)O)c2ccccc2C1(C)C. The van der Waals surface area contributed by atoms with Crippen molar-refractivity contribution < 1.29 is 43.6 Å². The molecule has 3 aromatic rings. The number of hydrogen-bond donors (Lipinski definition) is 2. The Labute approximate surface area is 284 Å². The second-order valence-corrected chi connectivity index (χ2v) is 12.5. The van der Waals surface area contributed by atoms with Crippen LogP contribution < -0.4 is 9.64 Å². The van der Waals surface area contributed by atoms with Gasteiger partial charge >= 0.3 is 23.9 Å².